The first-order valence-electron chi connectivity index (χ1n) is 8.53. The molecule has 1 amide bonds. The Balaban J connectivity index is 1.52. The van der Waals surface area contributed by atoms with Crippen molar-refractivity contribution in [2.45, 2.75) is 6.42 Å². The van der Waals surface area contributed by atoms with Gasteiger partial charge in [-0.05, 0) is 30.3 Å². The largest absolute Gasteiger partial charge is 0.454 e. The van der Waals surface area contributed by atoms with E-state index >= 15 is 0 Å². The highest BCUT2D eigenvalue weighted by Gasteiger charge is 2.19. The number of esters is 1. The van der Waals surface area contributed by atoms with Crippen LogP contribution in [0.25, 0.3) is 0 Å². The third kappa shape index (κ3) is 4.99. The summed E-state index contributed by atoms with van der Waals surface area (Å²) in [6, 6.07) is 5.85. The Morgan fingerprint density at radius 3 is 2.54 bits per heavy atom. The van der Waals surface area contributed by atoms with Gasteiger partial charge in [0.15, 0.2) is 18.2 Å². The van der Waals surface area contributed by atoms with Crippen LogP contribution >= 0.6 is 11.3 Å². The molecule has 0 spiro atoms. The highest BCUT2D eigenvalue weighted by Crippen LogP contribution is 2.19. The van der Waals surface area contributed by atoms with Crippen molar-refractivity contribution in [3.8, 4) is 0 Å². The first kappa shape index (κ1) is 20.1. The summed E-state index contributed by atoms with van der Waals surface area (Å²) in [5.74, 6) is -3.65. The van der Waals surface area contributed by atoms with Gasteiger partial charge in [0.1, 0.15) is 0 Å². The van der Waals surface area contributed by atoms with E-state index < -0.39 is 30.0 Å². The van der Waals surface area contributed by atoms with Crippen LogP contribution in [0.4, 0.5) is 8.78 Å². The molecule has 3 rings (SSSR count). The molecule has 1 aliphatic rings. The zero-order chi connectivity index (χ0) is 20.1. The lowest BCUT2D eigenvalue weighted by Gasteiger charge is -2.26. The summed E-state index contributed by atoms with van der Waals surface area (Å²) in [7, 11) is 0. The molecule has 1 saturated heterocycles. The number of amides is 1. The highest BCUT2D eigenvalue weighted by atomic mass is 32.1. The van der Waals surface area contributed by atoms with Gasteiger partial charge in [-0.15, -0.1) is 11.3 Å². The maximum Gasteiger partial charge on any atom is 0.338 e. The van der Waals surface area contributed by atoms with Gasteiger partial charge in [-0.3, -0.25) is 9.59 Å². The molecular weight excluding hydrogens is 392 g/mol. The molecule has 6 nitrogen and oxygen atoms in total. The number of ether oxygens (including phenoxy) is 2. The maximum atomic E-state index is 13.2. The molecule has 148 valence electrons. The first-order chi connectivity index (χ1) is 13.4. The summed E-state index contributed by atoms with van der Waals surface area (Å²) < 4.78 is 36.1. The Morgan fingerprint density at radius 1 is 1.07 bits per heavy atom. The van der Waals surface area contributed by atoms with E-state index in [9.17, 15) is 23.2 Å². The number of hydrogen-bond acceptors (Lipinski definition) is 6. The van der Waals surface area contributed by atoms with Crippen LogP contribution in [0.1, 0.15) is 24.9 Å². The molecule has 9 heteroatoms. The number of thiophene rings is 1. The lowest BCUT2D eigenvalue weighted by Crippen LogP contribution is -2.41. The van der Waals surface area contributed by atoms with Gasteiger partial charge >= 0.3 is 5.97 Å². The molecule has 0 saturated carbocycles. The molecule has 0 unspecified atom stereocenters. The smallest absolute Gasteiger partial charge is 0.338 e. The number of nitrogens with zero attached hydrogens (tertiary/aromatic N) is 1. The van der Waals surface area contributed by atoms with Crippen molar-refractivity contribution in [3.63, 3.8) is 0 Å². The highest BCUT2D eigenvalue weighted by molar-refractivity contribution is 7.14. The number of Topliss-reactive ketones (excluding diaryl/α,β-unsaturated/α-hetero) is 1. The van der Waals surface area contributed by atoms with E-state index in [1.165, 1.54) is 0 Å². The predicted molar refractivity (Wildman–Crippen MR) is 96.4 cm³/mol. The van der Waals surface area contributed by atoms with Gasteiger partial charge in [0, 0.05) is 18.0 Å². The normalized spacial score (nSPS) is 14.0. The van der Waals surface area contributed by atoms with Gasteiger partial charge in [0.2, 0.25) is 11.7 Å². The van der Waals surface area contributed by atoms with Gasteiger partial charge in [-0.1, -0.05) is 0 Å². The molecule has 1 aliphatic heterocycles. The van der Waals surface area contributed by atoms with Crippen molar-refractivity contribution in [2.75, 3.05) is 32.9 Å². The fourth-order valence-corrected chi connectivity index (χ4v) is 3.53. The van der Waals surface area contributed by atoms with Crippen LogP contribution < -0.4 is 0 Å². The summed E-state index contributed by atoms with van der Waals surface area (Å²) in [5.41, 5.74) is -0.185. The van der Waals surface area contributed by atoms with Crippen molar-refractivity contribution < 1.29 is 32.6 Å². The number of morpholine rings is 1. The van der Waals surface area contributed by atoms with Gasteiger partial charge in [0.05, 0.1) is 30.1 Å². The maximum absolute atomic E-state index is 13.2. The zero-order valence-corrected chi connectivity index (χ0v) is 15.6. The number of halogens is 2. The van der Waals surface area contributed by atoms with Gasteiger partial charge < -0.3 is 14.4 Å². The second kappa shape index (κ2) is 9.03. The summed E-state index contributed by atoms with van der Waals surface area (Å²) in [6.07, 6.45) is 0.187. The van der Waals surface area contributed by atoms with Crippen LogP contribution in [-0.2, 0) is 20.7 Å². The molecule has 0 atom stereocenters. The monoisotopic (exact) mass is 409 g/mol. The fourth-order valence-electron chi connectivity index (χ4n) is 2.61. The Labute approximate surface area is 163 Å². The van der Waals surface area contributed by atoms with Gasteiger partial charge in [-0.2, -0.15) is 0 Å². The Bertz CT molecular complexity index is 892. The summed E-state index contributed by atoms with van der Waals surface area (Å²) in [5, 5.41) is 0. The van der Waals surface area contributed by atoms with E-state index in [0.717, 1.165) is 28.3 Å². The fraction of sp³-hybridized carbons (Fsp3) is 0.316. The van der Waals surface area contributed by atoms with Crippen LogP contribution in [0.15, 0.2) is 30.3 Å². The lowest BCUT2D eigenvalue weighted by atomic mass is 10.2. The van der Waals surface area contributed by atoms with Gasteiger partial charge in [-0.25, -0.2) is 13.6 Å². The SMILES string of the molecule is O=C(OCC(=O)c1ccc(CC(=O)N2CCOCC2)s1)c1ccc(F)c(F)c1. The van der Waals surface area contributed by atoms with E-state index in [0.29, 0.717) is 37.2 Å². The van der Waals surface area contributed by atoms with Crippen molar-refractivity contribution >= 4 is 29.0 Å². The quantitative estimate of drug-likeness (QED) is 0.541. The van der Waals surface area contributed by atoms with Crippen LogP contribution in [0, 0.1) is 11.6 Å². The van der Waals surface area contributed by atoms with Crippen LogP contribution in [0.5, 0.6) is 0 Å². The molecule has 1 aromatic heterocycles. The topological polar surface area (TPSA) is 72.9 Å². The number of carbonyl (C=O) groups is 3. The number of rotatable bonds is 6. The summed E-state index contributed by atoms with van der Waals surface area (Å²) >= 11 is 1.16. The molecule has 2 heterocycles. The number of carbonyl (C=O) groups excluding carboxylic acids is 3. The molecule has 1 aromatic carbocycles. The number of benzene rings is 1. The van der Waals surface area contributed by atoms with E-state index in [1.807, 2.05) is 0 Å². The van der Waals surface area contributed by atoms with Crippen molar-refractivity contribution in [3.05, 3.63) is 57.3 Å². The second-order valence-corrected chi connectivity index (χ2v) is 7.23. The third-order valence-electron chi connectivity index (χ3n) is 4.12. The lowest BCUT2D eigenvalue weighted by molar-refractivity contribution is -0.134. The number of ketones is 1. The van der Waals surface area contributed by atoms with Crippen molar-refractivity contribution in [1.82, 2.24) is 4.90 Å². The van der Waals surface area contributed by atoms with E-state index in [-0.39, 0.29) is 17.9 Å². The van der Waals surface area contributed by atoms with Crippen LogP contribution in [0.3, 0.4) is 0 Å². The molecule has 0 N–H and O–H groups in total. The molecule has 1 fully saturated rings. The predicted octanol–water partition coefficient (Wildman–Crippen LogP) is 2.47. The molecule has 2 aromatic rings. The zero-order valence-electron chi connectivity index (χ0n) is 14.8. The van der Waals surface area contributed by atoms with E-state index in [4.69, 9.17) is 9.47 Å². The minimum Gasteiger partial charge on any atom is -0.454 e. The van der Waals surface area contributed by atoms with E-state index in [2.05, 4.69) is 0 Å². The van der Waals surface area contributed by atoms with Crippen LogP contribution in [0.2, 0.25) is 0 Å². The Hall–Kier alpha value is -2.65. The van der Waals surface area contributed by atoms with Crippen molar-refractivity contribution in [2.24, 2.45) is 0 Å². The second-order valence-electron chi connectivity index (χ2n) is 6.06. The first-order valence-corrected chi connectivity index (χ1v) is 9.35. The van der Waals surface area contributed by atoms with E-state index in [1.54, 1.807) is 17.0 Å². The summed E-state index contributed by atoms with van der Waals surface area (Å²) in [6.45, 7) is 1.60. The molecule has 0 bridgehead atoms. The average Bonchev–Trinajstić information content (AvgIpc) is 3.17. The molecule has 0 aliphatic carbocycles. The molecule has 28 heavy (non-hydrogen) atoms. The number of hydrogen-bond donors (Lipinski definition) is 0. The Morgan fingerprint density at radius 2 is 1.82 bits per heavy atom. The minimum absolute atomic E-state index is 0.0334. The standard InChI is InChI=1S/C19H17F2NO5S/c20-14-3-1-12(9-15(14)21)19(25)27-11-16(23)17-4-2-13(28-17)10-18(24)22-5-7-26-8-6-22/h1-4,9H,5-8,10-11H2. The summed E-state index contributed by atoms with van der Waals surface area (Å²) in [4.78, 5) is 39.1. The van der Waals surface area contributed by atoms with Crippen molar-refractivity contribution in [1.29, 1.82) is 0 Å². The average molecular weight is 409 g/mol. The minimum atomic E-state index is -1.17. The van der Waals surface area contributed by atoms with Gasteiger partial charge in [0.25, 0.3) is 0 Å². The van der Waals surface area contributed by atoms with Crippen LogP contribution in [-0.4, -0.2) is 55.5 Å². The molecular formula is C19H17F2NO5S. The Kier molecular flexibility index (Phi) is 6.48. The molecule has 0 radical (unpaired) electrons. The third-order valence-corrected chi connectivity index (χ3v) is 5.24.